The number of thioether (sulfide) groups is 1. The summed E-state index contributed by atoms with van der Waals surface area (Å²) in [5, 5.41) is -0.172. The van der Waals surface area contributed by atoms with Crippen molar-refractivity contribution in [1.82, 2.24) is 4.90 Å². The highest BCUT2D eigenvalue weighted by Gasteiger charge is 2.35. The van der Waals surface area contributed by atoms with Gasteiger partial charge in [0.2, 0.25) is 5.91 Å². The molecule has 0 radical (unpaired) electrons. The zero-order valence-electron chi connectivity index (χ0n) is 13.2. The molecule has 1 saturated heterocycles. The van der Waals surface area contributed by atoms with Crippen molar-refractivity contribution in [2.75, 3.05) is 19.8 Å². The number of ether oxygens (including phenoxy) is 2. The van der Waals surface area contributed by atoms with Crippen LogP contribution in [0.2, 0.25) is 0 Å². The van der Waals surface area contributed by atoms with Gasteiger partial charge in [-0.25, -0.2) is 0 Å². The molecule has 0 unspecified atom stereocenters. The first kappa shape index (κ1) is 17.6. The Morgan fingerprint density at radius 3 is 2.74 bits per heavy atom. The van der Waals surface area contributed by atoms with E-state index in [9.17, 15) is 4.79 Å². The minimum Gasteiger partial charge on any atom is -0.490 e. The molecule has 1 aliphatic rings. The van der Waals surface area contributed by atoms with E-state index in [-0.39, 0.29) is 17.8 Å². The average Bonchev–Trinajstić information content (AvgIpc) is 2.80. The fourth-order valence-corrected chi connectivity index (χ4v) is 3.97. The van der Waals surface area contributed by atoms with E-state index in [4.69, 9.17) is 28.1 Å². The second-order valence-electron chi connectivity index (χ2n) is 4.87. The van der Waals surface area contributed by atoms with Crippen LogP contribution >= 0.6 is 24.0 Å². The van der Waals surface area contributed by atoms with Crippen molar-refractivity contribution in [2.24, 2.45) is 0 Å². The lowest BCUT2D eigenvalue weighted by atomic mass is 10.1. The van der Waals surface area contributed by atoms with E-state index in [1.54, 1.807) is 4.90 Å². The molecule has 0 bridgehead atoms. The maximum Gasteiger partial charge on any atom is 0.241 e. The molecular formula is C17H19NO3S2. The van der Waals surface area contributed by atoms with Gasteiger partial charge in [-0.05, 0) is 38.0 Å². The summed E-state index contributed by atoms with van der Waals surface area (Å²) in [7, 11) is 0. The number of terminal acetylenes is 1. The lowest BCUT2D eigenvalue weighted by Gasteiger charge is -2.14. The molecular weight excluding hydrogens is 330 g/mol. The van der Waals surface area contributed by atoms with E-state index in [2.05, 4.69) is 5.92 Å². The van der Waals surface area contributed by atoms with Crippen LogP contribution in [0.25, 0.3) is 0 Å². The number of carbonyl (C=O) groups is 1. The monoisotopic (exact) mass is 349 g/mol. The van der Waals surface area contributed by atoms with Crippen LogP contribution in [-0.4, -0.2) is 40.1 Å². The standard InChI is InChI=1S/C17H19NO3S2/c1-4-9-21-13-8-7-12(10-14(13)20-6-3)11-15-16(19)18(5-2)17(22)23-15/h1,7-8,10,15H,5-6,9,11H2,2-3H3/t15-/m1/s1. The molecule has 1 aliphatic heterocycles. The molecule has 6 heteroatoms. The Morgan fingerprint density at radius 1 is 1.35 bits per heavy atom. The number of hydrogen-bond donors (Lipinski definition) is 0. The highest BCUT2D eigenvalue weighted by molar-refractivity contribution is 8.24. The summed E-state index contributed by atoms with van der Waals surface area (Å²) in [4.78, 5) is 14.0. The number of nitrogens with zero attached hydrogens (tertiary/aromatic N) is 1. The molecule has 1 aromatic carbocycles. The molecule has 1 heterocycles. The van der Waals surface area contributed by atoms with Gasteiger partial charge < -0.3 is 9.47 Å². The van der Waals surface area contributed by atoms with Crippen molar-refractivity contribution in [1.29, 1.82) is 0 Å². The molecule has 1 atom stereocenters. The summed E-state index contributed by atoms with van der Waals surface area (Å²) in [6.07, 6.45) is 5.83. The summed E-state index contributed by atoms with van der Waals surface area (Å²) in [6.45, 7) is 5.17. The highest BCUT2D eigenvalue weighted by Crippen LogP contribution is 2.33. The van der Waals surface area contributed by atoms with E-state index in [0.29, 0.717) is 35.4 Å². The molecule has 1 amide bonds. The second kappa shape index (κ2) is 8.23. The van der Waals surface area contributed by atoms with Crippen LogP contribution in [0.3, 0.4) is 0 Å². The van der Waals surface area contributed by atoms with Gasteiger partial charge in [0.1, 0.15) is 10.9 Å². The molecule has 1 aromatic rings. The Balaban J connectivity index is 2.14. The van der Waals surface area contributed by atoms with Gasteiger partial charge in [-0.15, -0.1) is 6.42 Å². The Kier molecular flexibility index (Phi) is 6.31. The first-order chi connectivity index (χ1) is 11.1. The molecule has 0 saturated carbocycles. The first-order valence-corrected chi connectivity index (χ1v) is 8.73. The topological polar surface area (TPSA) is 38.8 Å². The second-order valence-corrected chi connectivity index (χ2v) is 6.70. The van der Waals surface area contributed by atoms with Crippen molar-refractivity contribution in [3.8, 4) is 23.8 Å². The van der Waals surface area contributed by atoms with Crippen LogP contribution in [0.15, 0.2) is 18.2 Å². The van der Waals surface area contributed by atoms with Crippen molar-refractivity contribution in [3.63, 3.8) is 0 Å². The summed E-state index contributed by atoms with van der Waals surface area (Å²) in [5.41, 5.74) is 1.01. The van der Waals surface area contributed by atoms with Gasteiger partial charge >= 0.3 is 0 Å². The number of rotatable bonds is 7. The summed E-state index contributed by atoms with van der Waals surface area (Å²) in [6, 6.07) is 5.67. The van der Waals surface area contributed by atoms with Gasteiger partial charge in [0.05, 0.1) is 11.9 Å². The lowest BCUT2D eigenvalue weighted by molar-refractivity contribution is -0.125. The Labute approximate surface area is 146 Å². The molecule has 0 aromatic heterocycles. The molecule has 23 heavy (non-hydrogen) atoms. The van der Waals surface area contributed by atoms with Gasteiger partial charge in [0.15, 0.2) is 11.5 Å². The number of thiocarbonyl (C=S) groups is 1. The van der Waals surface area contributed by atoms with Crippen molar-refractivity contribution >= 4 is 34.2 Å². The molecule has 0 aliphatic carbocycles. The smallest absolute Gasteiger partial charge is 0.241 e. The molecule has 0 spiro atoms. The van der Waals surface area contributed by atoms with E-state index in [1.165, 1.54) is 11.8 Å². The Bertz CT molecular complexity index is 639. The molecule has 122 valence electrons. The summed E-state index contributed by atoms with van der Waals surface area (Å²) >= 11 is 6.70. The lowest BCUT2D eigenvalue weighted by Crippen LogP contribution is -2.31. The molecule has 2 rings (SSSR count). The predicted molar refractivity (Wildman–Crippen MR) is 97.0 cm³/mol. The maximum absolute atomic E-state index is 12.3. The molecule has 0 N–H and O–H groups in total. The van der Waals surface area contributed by atoms with Crippen LogP contribution in [0, 0.1) is 12.3 Å². The summed E-state index contributed by atoms with van der Waals surface area (Å²) < 4.78 is 11.7. The Morgan fingerprint density at radius 2 is 2.13 bits per heavy atom. The van der Waals surface area contributed by atoms with Crippen LogP contribution in [0.1, 0.15) is 19.4 Å². The third-order valence-corrected chi connectivity index (χ3v) is 4.95. The van der Waals surface area contributed by atoms with Gasteiger partial charge in [0.25, 0.3) is 0 Å². The van der Waals surface area contributed by atoms with Crippen LogP contribution in [0.4, 0.5) is 0 Å². The minimum atomic E-state index is -0.172. The van der Waals surface area contributed by atoms with Crippen LogP contribution in [0.5, 0.6) is 11.5 Å². The van der Waals surface area contributed by atoms with Gasteiger partial charge in [-0.1, -0.05) is 36.0 Å². The SMILES string of the molecule is C#CCOc1ccc(C[C@H]2SC(=S)N(CC)C2=O)cc1OCC. The van der Waals surface area contributed by atoms with Crippen molar-refractivity contribution in [2.45, 2.75) is 25.5 Å². The van der Waals surface area contributed by atoms with E-state index in [1.807, 2.05) is 32.0 Å². The zero-order valence-corrected chi connectivity index (χ0v) is 14.8. The fraction of sp³-hybridized carbons (Fsp3) is 0.412. The van der Waals surface area contributed by atoms with E-state index in [0.717, 1.165) is 5.56 Å². The highest BCUT2D eigenvalue weighted by atomic mass is 32.2. The normalized spacial score (nSPS) is 17.3. The number of hydrogen-bond acceptors (Lipinski definition) is 5. The number of benzene rings is 1. The van der Waals surface area contributed by atoms with E-state index >= 15 is 0 Å². The number of amides is 1. The average molecular weight is 349 g/mol. The Hall–Kier alpha value is -1.71. The summed E-state index contributed by atoms with van der Waals surface area (Å²) in [5.74, 6) is 3.77. The molecule has 1 fully saturated rings. The predicted octanol–water partition coefficient (Wildman–Crippen LogP) is 2.89. The van der Waals surface area contributed by atoms with Gasteiger partial charge in [-0.2, -0.15) is 0 Å². The minimum absolute atomic E-state index is 0.0770. The largest absolute Gasteiger partial charge is 0.490 e. The first-order valence-electron chi connectivity index (χ1n) is 7.44. The maximum atomic E-state index is 12.3. The third-order valence-electron chi connectivity index (χ3n) is 3.36. The molecule has 4 nitrogen and oxygen atoms in total. The number of carbonyl (C=O) groups excluding carboxylic acids is 1. The third kappa shape index (κ3) is 4.18. The van der Waals surface area contributed by atoms with Crippen molar-refractivity contribution in [3.05, 3.63) is 23.8 Å². The fourth-order valence-electron chi connectivity index (χ4n) is 2.31. The van der Waals surface area contributed by atoms with Gasteiger partial charge in [0, 0.05) is 6.54 Å². The van der Waals surface area contributed by atoms with E-state index < -0.39 is 0 Å². The van der Waals surface area contributed by atoms with Gasteiger partial charge in [-0.3, -0.25) is 9.69 Å². The van der Waals surface area contributed by atoms with Crippen LogP contribution in [-0.2, 0) is 11.2 Å². The van der Waals surface area contributed by atoms with Crippen molar-refractivity contribution < 1.29 is 14.3 Å². The quantitative estimate of drug-likeness (QED) is 0.559. The zero-order chi connectivity index (χ0) is 16.8. The van der Waals surface area contributed by atoms with Crippen LogP contribution < -0.4 is 9.47 Å².